The van der Waals surface area contributed by atoms with Gasteiger partial charge >= 0.3 is 0 Å². The van der Waals surface area contributed by atoms with E-state index in [0.717, 1.165) is 39.0 Å². The molecule has 2 heterocycles. The molecule has 2 aliphatic rings. The number of hydrogen-bond acceptors (Lipinski definition) is 3. The van der Waals surface area contributed by atoms with E-state index in [1.165, 1.54) is 0 Å². The summed E-state index contributed by atoms with van der Waals surface area (Å²) in [5, 5.41) is 3.68. The number of nitrogens with one attached hydrogen (secondary N) is 1. The number of ether oxygens (including phenoxy) is 1. The average molecular weight is 240 g/mol. The lowest BCUT2D eigenvalue weighted by atomic mass is 9.74. The molecule has 0 aliphatic carbocycles. The maximum absolute atomic E-state index is 6.47. The van der Waals surface area contributed by atoms with Crippen molar-refractivity contribution in [2.75, 3.05) is 26.2 Å². The van der Waals surface area contributed by atoms with Gasteiger partial charge < -0.3 is 9.64 Å². The third-order valence-electron chi connectivity index (χ3n) is 5.04. The number of rotatable bonds is 1. The van der Waals surface area contributed by atoms with Gasteiger partial charge in [0.1, 0.15) is 5.72 Å². The maximum Gasteiger partial charge on any atom is 0.122 e. The number of piperidine rings is 1. The van der Waals surface area contributed by atoms with Crippen LogP contribution < -0.4 is 5.32 Å². The Morgan fingerprint density at radius 3 is 2.18 bits per heavy atom. The van der Waals surface area contributed by atoms with Crippen LogP contribution in [-0.2, 0) is 4.74 Å². The summed E-state index contributed by atoms with van der Waals surface area (Å²) in [5.74, 6) is 0. The molecular formula is C14H28N2O. The predicted molar refractivity (Wildman–Crippen MR) is 71.0 cm³/mol. The molecule has 17 heavy (non-hydrogen) atoms. The Bertz CT molecular complexity index is 278. The molecule has 0 aromatic heterocycles. The first-order valence-electron chi connectivity index (χ1n) is 6.98. The standard InChI is InChI=1S/C14H28N2O/c1-6-16-9-7-14(8-10-16)15-11-12(2,3)13(4,5)17-14/h15H,6-11H2,1-5H3. The van der Waals surface area contributed by atoms with E-state index < -0.39 is 0 Å². The van der Waals surface area contributed by atoms with Crippen LogP contribution in [0.1, 0.15) is 47.5 Å². The van der Waals surface area contributed by atoms with Crippen molar-refractivity contribution in [2.45, 2.75) is 58.8 Å². The summed E-state index contributed by atoms with van der Waals surface area (Å²) >= 11 is 0. The molecule has 2 aliphatic heterocycles. The molecule has 0 bridgehead atoms. The van der Waals surface area contributed by atoms with E-state index in [-0.39, 0.29) is 16.7 Å². The largest absolute Gasteiger partial charge is 0.354 e. The quantitative estimate of drug-likeness (QED) is 0.760. The summed E-state index contributed by atoms with van der Waals surface area (Å²) in [6.07, 6.45) is 2.22. The van der Waals surface area contributed by atoms with Gasteiger partial charge in [-0.2, -0.15) is 0 Å². The molecule has 0 aromatic rings. The molecule has 0 unspecified atom stereocenters. The van der Waals surface area contributed by atoms with Crippen LogP contribution in [0, 0.1) is 5.41 Å². The molecule has 0 amide bonds. The van der Waals surface area contributed by atoms with Crippen LogP contribution in [0.2, 0.25) is 0 Å². The van der Waals surface area contributed by atoms with Gasteiger partial charge in [0, 0.05) is 37.9 Å². The fourth-order valence-electron chi connectivity index (χ4n) is 2.77. The Morgan fingerprint density at radius 1 is 1.12 bits per heavy atom. The third-order valence-corrected chi connectivity index (χ3v) is 5.04. The van der Waals surface area contributed by atoms with Gasteiger partial charge in [-0.15, -0.1) is 0 Å². The van der Waals surface area contributed by atoms with Crippen molar-refractivity contribution in [1.82, 2.24) is 10.2 Å². The Balaban J connectivity index is 2.05. The molecular weight excluding hydrogens is 212 g/mol. The minimum Gasteiger partial charge on any atom is -0.354 e. The molecule has 1 N–H and O–H groups in total. The SMILES string of the molecule is CCN1CCC2(CC1)NCC(C)(C)C(C)(C)O2. The number of likely N-dealkylation sites (tertiary alicyclic amines) is 1. The van der Waals surface area contributed by atoms with Gasteiger partial charge in [0.15, 0.2) is 0 Å². The molecule has 100 valence electrons. The molecule has 1 spiro atoms. The Labute approximate surface area is 106 Å². The lowest BCUT2D eigenvalue weighted by Gasteiger charge is -2.56. The topological polar surface area (TPSA) is 24.5 Å². The summed E-state index contributed by atoms with van der Waals surface area (Å²) in [6.45, 7) is 15.8. The van der Waals surface area contributed by atoms with E-state index in [1.54, 1.807) is 0 Å². The van der Waals surface area contributed by atoms with E-state index in [9.17, 15) is 0 Å². The van der Waals surface area contributed by atoms with Crippen molar-refractivity contribution in [3.8, 4) is 0 Å². The van der Waals surface area contributed by atoms with Gasteiger partial charge in [0.2, 0.25) is 0 Å². The molecule has 2 saturated heterocycles. The smallest absolute Gasteiger partial charge is 0.122 e. The summed E-state index contributed by atoms with van der Waals surface area (Å²) in [5.41, 5.74) is 0.0808. The molecule has 3 heteroatoms. The zero-order valence-corrected chi connectivity index (χ0v) is 12.1. The van der Waals surface area contributed by atoms with Crippen molar-refractivity contribution in [2.24, 2.45) is 5.41 Å². The van der Waals surface area contributed by atoms with Gasteiger partial charge in [-0.1, -0.05) is 20.8 Å². The van der Waals surface area contributed by atoms with Crippen LogP contribution in [0.4, 0.5) is 0 Å². The summed E-state index contributed by atoms with van der Waals surface area (Å²) < 4.78 is 6.47. The fraction of sp³-hybridized carbons (Fsp3) is 1.00. The van der Waals surface area contributed by atoms with Gasteiger partial charge in [0.05, 0.1) is 5.60 Å². The molecule has 2 rings (SSSR count). The highest BCUT2D eigenvalue weighted by Gasteiger charge is 2.50. The Kier molecular flexibility index (Phi) is 3.30. The van der Waals surface area contributed by atoms with E-state index in [0.29, 0.717) is 0 Å². The van der Waals surface area contributed by atoms with Crippen LogP contribution in [-0.4, -0.2) is 42.4 Å². The molecule has 0 radical (unpaired) electrons. The lowest BCUT2D eigenvalue weighted by molar-refractivity contribution is -0.249. The summed E-state index contributed by atoms with van der Waals surface area (Å²) in [7, 11) is 0. The second-order valence-electron chi connectivity index (χ2n) is 6.78. The third kappa shape index (κ3) is 2.38. The predicted octanol–water partition coefficient (Wildman–Crippen LogP) is 2.22. The highest BCUT2D eigenvalue weighted by atomic mass is 16.5. The molecule has 0 aromatic carbocycles. The molecule has 0 atom stereocenters. The van der Waals surface area contributed by atoms with Crippen LogP contribution in [0.25, 0.3) is 0 Å². The van der Waals surface area contributed by atoms with Gasteiger partial charge in [-0.05, 0) is 20.4 Å². The minimum absolute atomic E-state index is 0.0490. The molecule has 0 saturated carbocycles. The monoisotopic (exact) mass is 240 g/mol. The van der Waals surface area contributed by atoms with Crippen molar-refractivity contribution in [1.29, 1.82) is 0 Å². The van der Waals surface area contributed by atoms with E-state index in [1.807, 2.05) is 0 Å². The maximum atomic E-state index is 6.47. The highest BCUT2D eigenvalue weighted by molar-refractivity contribution is 5.00. The van der Waals surface area contributed by atoms with Crippen molar-refractivity contribution >= 4 is 0 Å². The lowest BCUT2D eigenvalue weighted by Crippen LogP contribution is -2.67. The molecule has 2 fully saturated rings. The van der Waals surface area contributed by atoms with Gasteiger partial charge in [0.25, 0.3) is 0 Å². The normalized spacial score (nSPS) is 31.6. The minimum atomic E-state index is -0.0648. The van der Waals surface area contributed by atoms with E-state index >= 15 is 0 Å². The Morgan fingerprint density at radius 2 is 1.71 bits per heavy atom. The first-order chi connectivity index (χ1) is 7.80. The van der Waals surface area contributed by atoms with Crippen molar-refractivity contribution in [3.05, 3.63) is 0 Å². The molecule has 3 nitrogen and oxygen atoms in total. The number of nitrogens with zero attached hydrogens (tertiary/aromatic N) is 1. The van der Waals surface area contributed by atoms with Crippen molar-refractivity contribution in [3.63, 3.8) is 0 Å². The van der Waals surface area contributed by atoms with Crippen LogP contribution in [0.5, 0.6) is 0 Å². The number of hydrogen-bond donors (Lipinski definition) is 1. The van der Waals surface area contributed by atoms with Crippen LogP contribution in [0.3, 0.4) is 0 Å². The highest BCUT2D eigenvalue weighted by Crippen LogP contribution is 2.42. The van der Waals surface area contributed by atoms with E-state index in [4.69, 9.17) is 4.74 Å². The first kappa shape index (κ1) is 13.3. The van der Waals surface area contributed by atoms with Crippen LogP contribution in [0.15, 0.2) is 0 Å². The second-order valence-corrected chi connectivity index (χ2v) is 6.78. The van der Waals surface area contributed by atoms with Gasteiger partial charge in [-0.25, -0.2) is 0 Å². The fourth-order valence-corrected chi connectivity index (χ4v) is 2.77. The van der Waals surface area contributed by atoms with Crippen molar-refractivity contribution < 1.29 is 4.74 Å². The summed E-state index contributed by atoms with van der Waals surface area (Å²) in [6, 6.07) is 0. The zero-order valence-electron chi connectivity index (χ0n) is 12.1. The Hall–Kier alpha value is -0.120. The van der Waals surface area contributed by atoms with E-state index in [2.05, 4.69) is 44.8 Å². The summed E-state index contributed by atoms with van der Waals surface area (Å²) in [4.78, 5) is 2.50. The van der Waals surface area contributed by atoms with Gasteiger partial charge in [-0.3, -0.25) is 5.32 Å². The first-order valence-corrected chi connectivity index (χ1v) is 6.98. The average Bonchev–Trinajstić information content (AvgIpc) is 2.26. The second kappa shape index (κ2) is 4.22. The van der Waals surface area contributed by atoms with Crippen LogP contribution >= 0.6 is 0 Å². The zero-order chi connectivity index (χ0) is 12.7.